The lowest BCUT2D eigenvalue weighted by atomic mass is 10.1. The second-order valence-electron chi connectivity index (χ2n) is 5.06. The molecule has 0 aromatic heterocycles. The van der Waals surface area contributed by atoms with E-state index in [4.69, 9.17) is 5.11 Å². The number of likely N-dealkylation sites (N-methyl/N-ethyl adjacent to an activating group) is 1. The normalized spacial score (nSPS) is 11.7. The Morgan fingerprint density at radius 3 is 2.18 bits per heavy atom. The highest BCUT2D eigenvalue weighted by Crippen LogP contribution is 2.05. The SMILES string of the molecule is CNC(CCCCNC(=O)c1ccc(C(C)=O)cc1)C(=O)O. The van der Waals surface area contributed by atoms with Crippen molar-refractivity contribution < 1.29 is 19.5 Å². The van der Waals surface area contributed by atoms with Gasteiger partial charge in [0.1, 0.15) is 6.04 Å². The number of aliphatic carboxylic acids is 1. The molecule has 120 valence electrons. The van der Waals surface area contributed by atoms with E-state index >= 15 is 0 Å². The molecule has 3 N–H and O–H groups in total. The fraction of sp³-hybridized carbons (Fsp3) is 0.438. The van der Waals surface area contributed by atoms with Crippen LogP contribution in [0.15, 0.2) is 24.3 Å². The van der Waals surface area contributed by atoms with Gasteiger partial charge in [0.2, 0.25) is 0 Å². The van der Waals surface area contributed by atoms with Crippen LogP contribution in [0.5, 0.6) is 0 Å². The molecule has 6 nitrogen and oxygen atoms in total. The standard InChI is InChI=1S/C16H22N2O4/c1-11(19)12-6-8-13(9-7-12)15(20)18-10-4-3-5-14(17-2)16(21)22/h6-9,14,17H,3-5,10H2,1-2H3,(H,18,20)(H,21,22). The van der Waals surface area contributed by atoms with Gasteiger partial charge in [-0.25, -0.2) is 0 Å². The number of carbonyl (C=O) groups is 3. The first-order valence-corrected chi connectivity index (χ1v) is 7.25. The van der Waals surface area contributed by atoms with Crippen LogP contribution in [0.3, 0.4) is 0 Å². The van der Waals surface area contributed by atoms with Gasteiger partial charge in [-0.3, -0.25) is 14.4 Å². The topological polar surface area (TPSA) is 95.5 Å². The highest BCUT2D eigenvalue weighted by Gasteiger charge is 2.13. The van der Waals surface area contributed by atoms with Gasteiger partial charge in [-0.2, -0.15) is 0 Å². The molecule has 1 amide bonds. The Morgan fingerprint density at radius 1 is 1.09 bits per heavy atom. The van der Waals surface area contributed by atoms with Crippen LogP contribution < -0.4 is 10.6 Å². The lowest BCUT2D eigenvalue weighted by molar-refractivity contribution is -0.139. The number of nitrogens with one attached hydrogen (secondary N) is 2. The smallest absolute Gasteiger partial charge is 0.320 e. The van der Waals surface area contributed by atoms with Crippen LogP contribution in [0.1, 0.15) is 46.9 Å². The van der Waals surface area contributed by atoms with Crippen LogP contribution in [-0.2, 0) is 4.79 Å². The minimum atomic E-state index is -0.864. The zero-order chi connectivity index (χ0) is 16.5. The molecular formula is C16H22N2O4. The molecule has 0 spiro atoms. The third-order valence-corrected chi connectivity index (χ3v) is 3.41. The van der Waals surface area contributed by atoms with Crippen LogP contribution >= 0.6 is 0 Å². The molecule has 1 rings (SSSR count). The van der Waals surface area contributed by atoms with Gasteiger partial charge in [0.15, 0.2) is 5.78 Å². The van der Waals surface area contributed by atoms with E-state index in [1.165, 1.54) is 6.92 Å². The van der Waals surface area contributed by atoms with Gasteiger partial charge in [0.05, 0.1) is 0 Å². The Kier molecular flexibility index (Phi) is 7.25. The molecule has 0 aliphatic rings. The molecule has 0 bridgehead atoms. The van der Waals surface area contributed by atoms with Crippen molar-refractivity contribution in [2.75, 3.05) is 13.6 Å². The van der Waals surface area contributed by atoms with Crippen molar-refractivity contribution in [1.82, 2.24) is 10.6 Å². The third-order valence-electron chi connectivity index (χ3n) is 3.41. The summed E-state index contributed by atoms with van der Waals surface area (Å²) in [5.74, 6) is -1.10. The largest absolute Gasteiger partial charge is 0.480 e. The molecule has 1 unspecified atom stereocenters. The van der Waals surface area contributed by atoms with E-state index < -0.39 is 12.0 Å². The van der Waals surface area contributed by atoms with Crippen molar-refractivity contribution in [1.29, 1.82) is 0 Å². The van der Waals surface area contributed by atoms with Crippen molar-refractivity contribution in [3.63, 3.8) is 0 Å². The van der Waals surface area contributed by atoms with Crippen molar-refractivity contribution >= 4 is 17.7 Å². The maximum absolute atomic E-state index is 11.9. The Balaban J connectivity index is 2.31. The molecule has 0 saturated carbocycles. The van der Waals surface area contributed by atoms with Gasteiger partial charge in [0.25, 0.3) is 5.91 Å². The second-order valence-corrected chi connectivity index (χ2v) is 5.06. The predicted molar refractivity (Wildman–Crippen MR) is 83.1 cm³/mol. The van der Waals surface area contributed by atoms with E-state index in [1.54, 1.807) is 31.3 Å². The molecule has 22 heavy (non-hydrogen) atoms. The van der Waals surface area contributed by atoms with Crippen LogP contribution in [0.4, 0.5) is 0 Å². The number of hydrogen-bond acceptors (Lipinski definition) is 4. The number of carboxylic acids is 1. The molecular weight excluding hydrogens is 284 g/mol. The second kappa shape index (κ2) is 8.94. The summed E-state index contributed by atoms with van der Waals surface area (Å²) in [6.07, 6.45) is 1.94. The molecule has 1 aromatic carbocycles. The molecule has 0 aliphatic heterocycles. The lowest BCUT2D eigenvalue weighted by Crippen LogP contribution is -2.33. The van der Waals surface area contributed by atoms with Crippen molar-refractivity contribution in [3.05, 3.63) is 35.4 Å². The zero-order valence-corrected chi connectivity index (χ0v) is 12.9. The Bertz CT molecular complexity index is 525. The first-order chi connectivity index (χ1) is 10.5. The van der Waals surface area contributed by atoms with E-state index in [2.05, 4.69) is 10.6 Å². The minimum Gasteiger partial charge on any atom is -0.480 e. The van der Waals surface area contributed by atoms with Gasteiger partial charge in [-0.15, -0.1) is 0 Å². The summed E-state index contributed by atoms with van der Waals surface area (Å²) in [5, 5.41) is 14.4. The number of carbonyl (C=O) groups excluding carboxylic acids is 2. The summed E-state index contributed by atoms with van der Waals surface area (Å²) >= 11 is 0. The molecule has 0 saturated heterocycles. The summed E-state index contributed by atoms with van der Waals surface area (Å²) in [5.41, 5.74) is 1.08. The number of rotatable bonds is 9. The fourth-order valence-electron chi connectivity index (χ4n) is 2.03. The number of Topliss-reactive ketones (excluding diaryl/α,β-unsaturated/α-hetero) is 1. The number of ketones is 1. The molecule has 0 fully saturated rings. The van der Waals surface area contributed by atoms with Crippen molar-refractivity contribution in [2.24, 2.45) is 0 Å². The highest BCUT2D eigenvalue weighted by molar-refractivity contribution is 5.97. The third kappa shape index (κ3) is 5.65. The van der Waals surface area contributed by atoms with E-state index in [1.807, 2.05) is 0 Å². The molecule has 1 aromatic rings. The van der Waals surface area contributed by atoms with Crippen LogP contribution in [-0.4, -0.2) is 42.4 Å². The molecule has 0 heterocycles. The fourth-order valence-corrected chi connectivity index (χ4v) is 2.03. The van der Waals surface area contributed by atoms with E-state index in [0.717, 1.165) is 0 Å². The van der Waals surface area contributed by atoms with E-state index in [0.29, 0.717) is 36.9 Å². The maximum atomic E-state index is 11.9. The molecule has 6 heteroatoms. The van der Waals surface area contributed by atoms with Crippen LogP contribution in [0.25, 0.3) is 0 Å². The Labute approximate surface area is 129 Å². The Hall–Kier alpha value is -2.21. The van der Waals surface area contributed by atoms with E-state index in [-0.39, 0.29) is 11.7 Å². The molecule has 0 radical (unpaired) electrons. The first kappa shape index (κ1) is 17.8. The quantitative estimate of drug-likeness (QED) is 0.474. The summed E-state index contributed by atoms with van der Waals surface area (Å²) in [6.45, 7) is 1.97. The number of hydrogen-bond donors (Lipinski definition) is 3. The summed E-state index contributed by atoms with van der Waals surface area (Å²) in [7, 11) is 1.62. The first-order valence-electron chi connectivity index (χ1n) is 7.25. The average molecular weight is 306 g/mol. The van der Waals surface area contributed by atoms with Crippen molar-refractivity contribution in [3.8, 4) is 0 Å². The predicted octanol–water partition coefficient (Wildman–Crippen LogP) is 1.46. The van der Waals surface area contributed by atoms with Gasteiger partial charge in [-0.1, -0.05) is 12.1 Å². The number of amides is 1. The summed E-state index contributed by atoms with van der Waals surface area (Å²) in [4.78, 5) is 33.8. The monoisotopic (exact) mass is 306 g/mol. The summed E-state index contributed by atoms with van der Waals surface area (Å²) in [6, 6.07) is 5.94. The highest BCUT2D eigenvalue weighted by atomic mass is 16.4. The molecule has 0 aliphatic carbocycles. The lowest BCUT2D eigenvalue weighted by Gasteiger charge is -2.11. The van der Waals surface area contributed by atoms with Gasteiger partial charge >= 0.3 is 5.97 Å². The number of unbranched alkanes of at least 4 members (excludes halogenated alkanes) is 1. The summed E-state index contributed by atoms with van der Waals surface area (Å²) < 4.78 is 0. The van der Waals surface area contributed by atoms with Crippen LogP contribution in [0, 0.1) is 0 Å². The van der Waals surface area contributed by atoms with E-state index in [9.17, 15) is 14.4 Å². The maximum Gasteiger partial charge on any atom is 0.320 e. The molecule has 1 atom stereocenters. The van der Waals surface area contributed by atoms with Gasteiger partial charge < -0.3 is 15.7 Å². The van der Waals surface area contributed by atoms with Gasteiger partial charge in [0, 0.05) is 17.7 Å². The minimum absolute atomic E-state index is 0.0375. The zero-order valence-electron chi connectivity index (χ0n) is 12.9. The Morgan fingerprint density at radius 2 is 1.68 bits per heavy atom. The van der Waals surface area contributed by atoms with Crippen molar-refractivity contribution in [2.45, 2.75) is 32.2 Å². The van der Waals surface area contributed by atoms with Crippen LogP contribution in [0.2, 0.25) is 0 Å². The van der Waals surface area contributed by atoms with Gasteiger partial charge in [-0.05, 0) is 45.4 Å². The number of carboxylic acid groups (broad SMARTS) is 1. The average Bonchev–Trinajstić information content (AvgIpc) is 2.50. The number of benzene rings is 1.